The molecule has 0 saturated heterocycles. The molecule has 0 amide bonds. The van der Waals surface area contributed by atoms with Crippen molar-refractivity contribution in [1.82, 2.24) is 19.2 Å². The van der Waals surface area contributed by atoms with Gasteiger partial charge >= 0.3 is 0 Å². The Hall–Kier alpha value is -2.97. The minimum Gasteiger partial charge on any atom is -0.400 e. The number of pyridine rings is 1. The third-order valence-corrected chi connectivity index (χ3v) is 7.23. The number of nitrogens with zero attached hydrogens (tertiary/aromatic N) is 3. The molecule has 0 atom stereocenters. The molecule has 4 aromatic rings. The number of hydrogen-bond acceptors (Lipinski definition) is 5. The molecule has 1 saturated carbocycles. The number of aliphatic hydroxyl groups is 1. The molecule has 2 N–H and O–H groups in total. The molecule has 1 aromatic carbocycles. The van der Waals surface area contributed by atoms with E-state index in [1.807, 2.05) is 6.20 Å². The highest BCUT2D eigenvalue weighted by Gasteiger charge is 2.25. The molecule has 8 heteroatoms. The first-order valence-corrected chi connectivity index (χ1v) is 11.3. The fourth-order valence-corrected chi connectivity index (χ4v) is 5.44. The number of aromatic nitrogens is 4. The number of aliphatic hydroxyl groups excluding tert-OH is 1. The lowest BCUT2D eigenvalue weighted by atomic mass is 9.97. The normalized spacial score (nSPS) is 14.6. The average molecular weight is 425 g/mol. The Morgan fingerprint density at radius 3 is 2.50 bits per heavy atom. The highest BCUT2D eigenvalue weighted by atomic mass is 32.2. The molecule has 5 rings (SSSR count). The Kier molecular flexibility index (Phi) is 5.69. The van der Waals surface area contributed by atoms with Crippen molar-refractivity contribution in [3.8, 4) is 11.1 Å². The summed E-state index contributed by atoms with van der Waals surface area (Å²) in [6.45, 7) is 0. The van der Waals surface area contributed by atoms with Gasteiger partial charge in [-0.1, -0.05) is 31.0 Å². The molecule has 1 aliphatic carbocycles. The van der Waals surface area contributed by atoms with E-state index in [-0.39, 0.29) is 4.90 Å². The zero-order valence-corrected chi connectivity index (χ0v) is 17.5. The molecular weight excluding hydrogens is 400 g/mol. The van der Waals surface area contributed by atoms with Gasteiger partial charge in [0.1, 0.15) is 0 Å². The van der Waals surface area contributed by atoms with Gasteiger partial charge in [-0.3, -0.25) is 5.10 Å². The first-order chi connectivity index (χ1) is 14.6. The van der Waals surface area contributed by atoms with Crippen LogP contribution in [-0.4, -0.2) is 39.8 Å². The number of fused-ring (bicyclic) bond motifs is 1. The molecule has 3 aromatic heterocycles. The summed E-state index contributed by atoms with van der Waals surface area (Å²) in [6, 6.07) is 10.6. The molecule has 0 bridgehead atoms. The van der Waals surface area contributed by atoms with Crippen LogP contribution in [0, 0.1) is 0 Å². The second kappa shape index (κ2) is 8.41. The van der Waals surface area contributed by atoms with Gasteiger partial charge in [0.2, 0.25) is 0 Å². The molecular formula is C22H24N4O3S. The summed E-state index contributed by atoms with van der Waals surface area (Å²) in [6.07, 6.45) is 11.8. The Labute approximate surface area is 175 Å². The van der Waals surface area contributed by atoms with E-state index in [0.29, 0.717) is 11.6 Å². The fraction of sp³-hybridized carbons (Fsp3) is 0.273. The summed E-state index contributed by atoms with van der Waals surface area (Å²) in [5.41, 5.74) is 3.29. The number of H-pyrrole nitrogens is 1. The summed E-state index contributed by atoms with van der Waals surface area (Å²) in [5, 5.41) is 14.7. The van der Waals surface area contributed by atoms with Crippen LogP contribution in [-0.2, 0) is 10.0 Å². The molecule has 3 heterocycles. The molecule has 0 aliphatic heterocycles. The number of aromatic amines is 1. The van der Waals surface area contributed by atoms with Gasteiger partial charge in [0.25, 0.3) is 10.0 Å². The number of nitrogens with one attached hydrogen (secondary N) is 1. The van der Waals surface area contributed by atoms with Crippen LogP contribution in [0.4, 0.5) is 0 Å². The lowest BCUT2D eigenvalue weighted by Crippen LogP contribution is -2.12. The molecule has 1 aliphatic rings. The maximum atomic E-state index is 13.3. The van der Waals surface area contributed by atoms with Gasteiger partial charge in [0.05, 0.1) is 11.1 Å². The van der Waals surface area contributed by atoms with E-state index < -0.39 is 10.0 Å². The van der Waals surface area contributed by atoms with E-state index in [1.165, 1.54) is 22.4 Å². The van der Waals surface area contributed by atoms with E-state index in [0.717, 1.165) is 36.5 Å². The molecule has 156 valence electrons. The summed E-state index contributed by atoms with van der Waals surface area (Å²) < 4.78 is 27.8. The molecule has 0 radical (unpaired) electrons. The standard InChI is InChI=1S/C21H20N4O2S.CH4O/c26-28(27,18-8-2-1-3-9-18)25-14-20(17-12-23-24-13-17)19-10-16(11-22-21(19)25)15-6-4-5-7-15;1-2/h1-3,8-15H,4-7H2,(H,23,24);2H,1H3. The van der Waals surface area contributed by atoms with Gasteiger partial charge in [-0.15, -0.1) is 0 Å². The Bertz CT molecular complexity index is 1230. The second-order valence-corrected chi connectivity index (χ2v) is 9.08. The van der Waals surface area contributed by atoms with E-state index in [9.17, 15) is 8.42 Å². The first kappa shape index (κ1) is 20.3. The minimum atomic E-state index is -3.74. The third-order valence-electron chi connectivity index (χ3n) is 5.57. The topological polar surface area (TPSA) is 101 Å². The largest absolute Gasteiger partial charge is 0.400 e. The van der Waals surface area contributed by atoms with Crippen molar-refractivity contribution in [3.05, 3.63) is 66.7 Å². The van der Waals surface area contributed by atoms with Crippen molar-refractivity contribution in [3.63, 3.8) is 0 Å². The maximum absolute atomic E-state index is 13.3. The molecule has 30 heavy (non-hydrogen) atoms. The average Bonchev–Trinajstić information content (AvgIpc) is 3.56. The van der Waals surface area contributed by atoms with E-state index >= 15 is 0 Å². The number of hydrogen-bond donors (Lipinski definition) is 2. The first-order valence-electron chi connectivity index (χ1n) is 9.90. The zero-order chi connectivity index (χ0) is 21.1. The van der Waals surface area contributed by atoms with Crippen LogP contribution in [0.5, 0.6) is 0 Å². The van der Waals surface area contributed by atoms with Crippen LogP contribution in [0.3, 0.4) is 0 Å². The summed E-state index contributed by atoms with van der Waals surface area (Å²) >= 11 is 0. The predicted octanol–water partition coefficient (Wildman–Crippen LogP) is 3.93. The molecule has 0 unspecified atom stereocenters. The van der Waals surface area contributed by atoms with Gasteiger partial charge in [-0.05, 0) is 42.5 Å². The Balaban J connectivity index is 0.00000106. The van der Waals surface area contributed by atoms with E-state index in [4.69, 9.17) is 5.11 Å². The highest BCUT2D eigenvalue weighted by molar-refractivity contribution is 7.90. The predicted molar refractivity (Wildman–Crippen MR) is 116 cm³/mol. The van der Waals surface area contributed by atoms with Crippen molar-refractivity contribution in [2.45, 2.75) is 36.5 Å². The van der Waals surface area contributed by atoms with E-state index in [2.05, 4.69) is 21.2 Å². The minimum absolute atomic E-state index is 0.243. The smallest absolute Gasteiger partial charge is 0.269 e. The lowest BCUT2D eigenvalue weighted by Gasteiger charge is -2.10. The van der Waals surface area contributed by atoms with Crippen LogP contribution in [0.15, 0.2) is 66.1 Å². The van der Waals surface area contributed by atoms with Crippen molar-refractivity contribution in [2.24, 2.45) is 0 Å². The van der Waals surface area contributed by atoms with Crippen LogP contribution >= 0.6 is 0 Å². The molecule has 1 fully saturated rings. The second-order valence-electron chi connectivity index (χ2n) is 7.26. The van der Waals surface area contributed by atoms with Crippen LogP contribution < -0.4 is 0 Å². The van der Waals surface area contributed by atoms with Crippen LogP contribution in [0.2, 0.25) is 0 Å². The third kappa shape index (κ3) is 3.53. The highest BCUT2D eigenvalue weighted by Crippen LogP contribution is 2.38. The molecule has 0 spiro atoms. The SMILES string of the molecule is CO.O=S(=O)(c1ccccc1)n1cc(-c2cn[nH]c2)c2cc(C3CCCC3)cnc21. The van der Waals surface area contributed by atoms with Gasteiger partial charge < -0.3 is 5.11 Å². The summed E-state index contributed by atoms with van der Waals surface area (Å²) in [4.78, 5) is 4.84. The number of rotatable bonds is 4. The van der Waals surface area contributed by atoms with Gasteiger partial charge in [-0.25, -0.2) is 17.4 Å². The van der Waals surface area contributed by atoms with Crippen molar-refractivity contribution in [2.75, 3.05) is 7.11 Å². The lowest BCUT2D eigenvalue weighted by molar-refractivity contribution is 0.399. The van der Waals surface area contributed by atoms with E-state index in [1.54, 1.807) is 48.9 Å². The van der Waals surface area contributed by atoms with Gasteiger partial charge in [-0.2, -0.15) is 5.10 Å². The van der Waals surface area contributed by atoms with Gasteiger partial charge in [0, 0.05) is 42.2 Å². The maximum Gasteiger partial charge on any atom is 0.269 e. The van der Waals surface area contributed by atoms with Crippen LogP contribution in [0.25, 0.3) is 22.2 Å². The van der Waals surface area contributed by atoms with Crippen molar-refractivity contribution < 1.29 is 13.5 Å². The van der Waals surface area contributed by atoms with Crippen molar-refractivity contribution in [1.29, 1.82) is 0 Å². The summed E-state index contributed by atoms with van der Waals surface area (Å²) in [7, 11) is -2.74. The Morgan fingerprint density at radius 1 is 1.10 bits per heavy atom. The molecule has 7 nitrogen and oxygen atoms in total. The van der Waals surface area contributed by atoms with Gasteiger partial charge in [0.15, 0.2) is 5.65 Å². The Morgan fingerprint density at radius 2 is 1.83 bits per heavy atom. The summed E-state index contributed by atoms with van der Waals surface area (Å²) in [5.74, 6) is 0.503. The van der Waals surface area contributed by atoms with Crippen LogP contribution in [0.1, 0.15) is 37.2 Å². The number of benzene rings is 1. The quantitative estimate of drug-likeness (QED) is 0.517. The zero-order valence-electron chi connectivity index (χ0n) is 16.7. The monoisotopic (exact) mass is 424 g/mol. The fourth-order valence-electron chi connectivity index (χ4n) is 4.10. The van der Waals surface area contributed by atoms with Crippen molar-refractivity contribution >= 4 is 21.1 Å².